The van der Waals surface area contributed by atoms with Crippen molar-refractivity contribution in [2.24, 2.45) is 0 Å². The van der Waals surface area contributed by atoms with Crippen molar-refractivity contribution in [3.05, 3.63) is 29.3 Å². The molecule has 1 unspecified atom stereocenters. The van der Waals surface area contributed by atoms with Crippen molar-refractivity contribution in [3.8, 4) is 5.75 Å². The summed E-state index contributed by atoms with van der Waals surface area (Å²) in [4.78, 5) is 11.1. The monoisotopic (exact) mass is 204 g/mol. The summed E-state index contributed by atoms with van der Waals surface area (Å²) in [6, 6.07) is 5.54. The Balaban J connectivity index is 2.32. The number of aromatic hydroxyl groups is 1. The molecule has 1 aliphatic carbocycles. The maximum absolute atomic E-state index is 11.1. The summed E-state index contributed by atoms with van der Waals surface area (Å²) < 4.78 is 0. The number of rotatable bonds is 2. The number of carbonyl (C=O) groups excluding carboxylic acids is 1. The highest BCUT2D eigenvalue weighted by Crippen LogP contribution is 2.35. The Kier molecular flexibility index (Phi) is 2.76. The van der Waals surface area contributed by atoms with Gasteiger partial charge < -0.3 is 9.90 Å². The van der Waals surface area contributed by atoms with Crippen LogP contribution in [0.15, 0.2) is 18.2 Å². The van der Waals surface area contributed by atoms with Gasteiger partial charge in [-0.25, -0.2) is 0 Å². The van der Waals surface area contributed by atoms with Gasteiger partial charge in [-0.15, -0.1) is 0 Å². The SMILES string of the molecule is CC(=O)CC1CCCc2ccc(O)cc21. The highest BCUT2D eigenvalue weighted by Gasteiger charge is 2.21. The van der Waals surface area contributed by atoms with Crippen LogP contribution in [0.2, 0.25) is 0 Å². The Morgan fingerprint density at radius 3 is 3.07 bits per heavy atom. The lowest BCUT2D eigenvalue weighted by Gasteiger charge is -2.24. The van der Waals surface area contributed by atoms with Crippen molar-refractivity contribution >= 4 is 5.78 Å². The topological polar surface area (TPSA) is 37.3 Å². The molecular formula is C13H16O2. The number of hydrogen-bond donors (Lipinski definition) is 1. The van der Waals surface area contributed by atoms with E-state index in [-0.39, 0.29) is 5.78 Å². The molecule has 0 spiro atoms. The second kappa shape index (κ2) is 4.05. The molecule has 2 rings (SSSR count). The quantitative estimate of drug-likeness (QED) is 0.804. The summed E-state index contributed by atoms with van der Waals surface area (Å²) in [5.74, 6) is 0.860. The van der Waals surface area contributed by atoms with Gasteiger partial charge in [0.15, 0.2) is 0 Å². The lowest BCUT2D eigenvalue weighted by atomic mass is 9.80. The third kappa shape index (κ3) is 2.20. The van der Waals surface area contributed by atoms with Crippen LogP contribution < -0.4 is 0 Å². The molecule has 0 aliphatic heterocycles. The standard InChI is InChI=1S/C13H16O2/c1-9(14)7-11-4-2-3-10-5-6-12(15)8-13(10)11/h5-6,8,11,15H,2-4,7H2,1H3. The summed E-state index contributed by atoms with van der Waals surface area (Å²) in [6.45, 7) is 1.64. The van der Waals surface area contributed by atoms with Gasteiger partial charge in [-0.3, -0.25) is 0 Å². The molecule has 1 atom stereocenters. The van der Waals surface area contributed by atoms with Crippen LogP contribution in [-0.4, -0.2) is 10.9 Å². The van der Waals surface area contributed by atoms with Crippen LogP contribution in [0, 0.1) is 0 Å². The Labute approximate surface area is 89.9 Å². The van der Waals surface area contributed by atoms with E-state index in [9.17, 15) is 9.90 Å². The van der Waals surface area contributed by atoms with Gasteiger partial charge >= 0.3 is 0 Å². The van der Waals surface area contributed by atoms with Gasteiger partial charge in [0, 0.05) is 6.42 Å². The Hall–Kier alpha value is -1.31. The number of phenols is 1. The summed E-state index contributed by atoms with van der Waals surface area (Å²) in [5, 5.41) is 9.46. The van der Waals surface area contributed by atoms with Gasteiger partial charge in [-0.05, 0) is 55.4 Å². The number of benzene rings is 1. The third-order valence-corrected chi connectivity index (χ3v) is 3.10. The van der Waals surface area contributed by atoms with E-state index in [1.165, 1.54) is 11.1 Å². The van der Waals surface area contributed by atoms with E-state index in [0.717, 1.165) is 19.3 Å². The van der Waals surface area contributed by atoms with Crippen molar-refractivity contribution < 1.29 is 9.90 Å². The van der Waals surface area contributed by atoms with Gasteiger partial charge in [0.25, 0.3) is 0 Å². The van der Waals surface area contributed by atoms with Gasteiger partial charge in [0.05, 0.1) is 0 Å². The molecular weight excluding hydrogens is 188 g/mol. The zero-order valence-electron chi connectivity index (χ0n) is 8.99. The molecule has 1 aliphatic rings. The second-order valence-electron chi connectivity index (χ2n) is 4.38. The molecule has 0 amide bonds. The minimum absolute atomic E-state index is 0.233. The Bertz CT molecular complexity index is 382. The van der Waals surface area contributed by atoms with Crippen molar-refractivity contribution in [2.45, 2.75) is 38.5 Å². The number of phenolic OH excluding ortho intramolecular Hbond substituents is 1. The van der Waals surface area contributed by atoms with Crippen molar-refractivity contribution in [3.63, 3.8) is 0 Å². The molecule has 0 radical (unpaired) electrons. The fourth-order valence-electron chi connectivity index (χ4n) is 2.44. The zero-order chi connectivity index (χ0) is 10.8. The smallest absolute Gasteiger partial charge is 0.130 e. The maximum Gasteiger partial charge on any atom is 0.130 e. The molecule has 0 fully saturated rings. The number of carbonyl (C=O) groups is 1. The predicted molar refractivity (Wildman–Crippen MR) is 59.1 cm³/mol. The highest BCUT2D eigenvalue weighted by atomic mass is 16.3. The van der Waals surface area contributed by atoms with Crippen LogP contribution in [0.4, 0.5) is 0 Å². The third-order valence-electron chi connectivity index (χ3n) is 3.10. The number of hydrogen-bond acceptors (Lipinski definition) is 2. The van der Waals surface area contributed by atoms with E-state index in [2.05, 4.69) is 0 Å². The Morgan fingerprint density at radius 2 is 2.33 bits per heavy atom. The molecule has 1 aromatic rings. The summed E-state index contributed by atoms with van der Waals surface area (Å²) in [6.07, 6.45) is 3.90. The van der Waals surface area contributed by atoms with Gasteiger partial charge in [-0.1, -0.05) is 6.07 Å². The normalized spacial score (nSPS) is 19.7. The first-order valence-electron chi connectivity index (χ1n) is 5.48. The van der Waals surface area contributed by atoms with E-state index >= 15 is 0 Å². The van der Waals surface area contributed by atoms with Crippen molar-refractivity contribution in [1.29, 1.82) is 0 Å². The minimum atomic E-state index is 0.233. The van der Waals surface area contributed by atoms with Crippen LogP contribution in [0.25, 0.3) is 0 Å². The molecule has 2 nitrogen and oxygen atoms in total. The molecule has 80 valence electrons. The second-order valence-corrected chi connectivity index (χ2v) is 4.38. The number of ketones is 1. The van der Waals surface area contributed by atoms with Crippen LogP contribution in [0.5, 0.6) is 5.75 Å². The largest absolute Gasteiger partial charge is 0.508 e. The van der Waals surface area contributed by atoms with E-state index in [1.807, 2.05) is 12.1 Å². The summed E-state index contributed by atoms with van der Waals surface area (Å²) in [5.41, 5.74) is 2.47. The lowest BCUT2D eigenvalue weighted by molar-refractivity contribution is -0.117. The van der Waals surface area contributed by atoms with E-state index in [4.69, 9.17) is 0 Å². The first-order chi connectivity index (χ1) is 7.16. The zero-order valence-corrected chi connectivity index (χ0v) is 8.99. The van der Waals surface area contributed by atoms with E-state index in [0.29, 0.717) is 18.1 Å². The molecule has 0 aromatic heterocycles. The van der Waals surface area contributed by atoms with Crippen LogP contribution in [0.1, 0.15) is 43.2 Å². The fourth-order valence-corrected chi connectivity index (χ4v) is 2.44. The number of Topliss-reactive ketones (excluding diaryl/α,β-unsaturated/α-hetero) is 1. The van der Waals surface area contributed by atoms with Crippen molar-refractivity contribution in [1.82, 2.24) is 0 Å². The van der Waals surface area contributed by atoms with Crippen LogP contribution >= 0.6 is 0 Å². The lowest BCUT2D eigenvalue weighted by Crippen LogP contribution is -2.12. The average molecular weight is 204 g/mol. The van der Waals surface area contributed by atoms with Crippen LogP contribution in [-0.2, 0) is 11.2 Å². The first kappa shape index (κ1) is 10.2. The fraction of sp³-hybridized carbons (Fsp3) is 0.462. The average Bonchev–Trinajstić information content (AvgIpc) is 2.18. The predicted octanol–water partition coefficient (Wildman–Crippen LogP) is 2.79. The molecule has 1 aromatic carbocycles. The Morgan fingerprint density at radius 1 is 1.53 bits per heavy atom. The number of aryl methyl sites for hydroxylation is 1. The summed E-state index contributed by atoms with van der Waals surface area (Å²) >= 11 is 0. The van der Waals surface area contributed by atoms with Gasteiger partial charge in [0.1, 0.15) is 11.5 Å². The molecule has 2 heteroatoms. The van der Waals surface area contributed by atoms with Crippen LogP contribution in [0.3, 0.4) is 0 Å². The minimum Gasteiger partial charge on any atom is -0.508 e. The molecule has 1 N–H and O–H groups in total. The molecule has 15 heavy (non-hydrogen) atoms. The molecule has 0 heterocycles. The van der Waals surface area contributed by atoms with Gasteiger partial charge in [-0.2, -0.15) is 0 Å². The highest BCUT2D eigenvalue weighted by molar-refractivity contribution is 5.76. The molecule has 0 bridgehead atoms. The first-order valence-corrected chi connectivity index (χ1v) is 5.48. The van der Waals surface area contributed by atoms with E-state index in [1.54, 1.807) is 13.0 Å². The molecule has 0 saturated carbocycles. The van der Waals surface area contributed by atoms with E-state index < -0.39 is 0 Å². The van der Waals surface area contributed by atoms with Crippen molar-refractivity contribution in [2.75, 3.05) is 0 Å². The molecule has 0 saturated heterocycles. The maximum atomic E-state index is 11.1. The number of fused-ring (bicyclic) bond motifs is 1. The van der Waals surface area contributed by atoms with Gasteiger partial charge in [0.2, 0.25) is 0 Å². The summed E-state index contributed by atoms with van der Waals surface area (Å²) in [7, 11) is 0.